The van der Waals surface area contributed by atoms with E-state index in [-0.39, 0.29) is 48.5 Å². The molecular formula is C55H72N10O6S2. The summed E-state index contributed by atoms with van der Waals surface area (Å²) in [7, 11) is 3.37. The van der Waals surface area contributed by atoms with E-state index in [2.05, 4.69) is 38.5 Å². The highest BCUT2D eigenvalue weighted by Crippen LogP contribution is 2.38. The molecular weight excluding hydrogens is 961 g/mol. The summed E-state index contributed by atoms with van der Waals surface area (Å²) >= 11 is 2.85. The number of nitrogens with zero attached hydrogens (tertiary/aromatic N) is 4. The number of thioether (sulfide) groups is 1. The molecule has 2 aliphatic heterocycles. The van der Waals surface area contributed by atoms with E-state index >= 15 is 0 Å². The number of carbonyl (C=O) groups excluding carboxylic acids is 6. The van der Waals surface area contributed by atoms with Gasteiger partial charge in [0.05, 0.1) is 40.6 Å². The van der Waals surface area contributed by atoms with E-state index in [4.69, 9.17) is 9.98 Å². The molecule has 2 aliphatic rings. The van der Waals surface area contributed by atoms with Gasteiger partial charge in [-0.3, -0.25) is 28.8 Å². The smallest absolute Gasteiger partial charge is 0.251 e. The summed E-state index contributed by atoms with van der Waals surface area (Å²) < 4.78 is 0. The predicted molar refractivity (Wildman–Crippen MR) is 292 cm³/mol. The lowest BCUT2D eigenvalue weighted by molar-refractivity contribution is -0.140. The summed E-state index contributed by atoms with van der Waals surface area (Å²) in [6.45, 7) is 19.4. The summed E-state index contributed by atoms with van der Waals surface area (Å²) in [4.78, 5) is 97.0. The largest absolute Gasteiger partial charge is 0.347 e. The zero-order valence-electron chi connectivity index (χ0n) is 43.9. The summed E-state index contributed by atoms with van der Waals surface area (Å²) in [5.74, 6) is -1.94. The monoisotopic (exact) mass is 1030 g/mol. The number of benzene rings is 3. The third-order valence-corrected chi connectivity index (χ3v) is 15.2. The molecule has 6 rings (SSSR count). The van der Waals surface area contributed by atoms with E-state index in [1.807, 2.05) is 114 Å². The second-order valence-corrected chi connectivity index (χ2v) is 22.7. The molecule has 0 aliphatic carbocycles. The quantitative estimate of drug-likeness (QED) is 0.0515. The lowest BCUT2D eigenvalue weighted by Gasteiger charge is -2.36. The van der Waals surface area contributed by atoms with Crippen molar-refractivity contribution in [1.29, 1.82) is 0 Å². The Bertz CT molecular complexity index is 2650. The summed E-state index contributed by atoms with van der Waals surface area (Å²) in [6, 6.07) is 20.9. The molecule has 0 spiro atoms. The van der Waals surface area contributed by atoms with Gasteiger partial charge in [0.1, 0.15) is 17.1 Å². The van der Waals surface area contributed by atoms with E-state index < -0.39 is 59.2 Å². The number of aliphatic imine (C=N–C) groups is 1. The number of thiazole rings is 1. The number of carbonyl (C=O) groups is 6. The molecule has 18 heteroatoms. The van der Waals surface area contributed by atoms with E-state index in [1.165, 1.54) is 23.1 Å². The number of hydrogen-bond acceptors (Lipinski definition) is 12. The van der Waals surface area contributed by atoms with Gasteiger partial charge >= 0.3 is 0 Å². The van der Waals surface area contributed by atoms with Gasteiger partial charge in [-0.25, -0.2) is 9.98 Å². The molecule has 1 aromatic heterocycles. The van der Waals surface area contributed by atoms with Crippen LogP contribution in [0, 0.1) is 10.8 Å². The van der Waals surface area contributed by atoms with Crippen LogP contribution in [0.2, 0.25) is 0 Å². The zero-order chi connectivity index (χ0) is 53.4. The van der Waals surface area contributed by atoms with Crippen LogP contribution in [-0.2, 0) is 19.2 Å². The van der Waals surface area contributed by atoms with E-state index in [9.17, 15) is 28.8 Å². The first kappa shape index (κ1) is 56.1. The molecule has 390 valence electrons. The Morgan fingerprint density at radius 2 is 1.15 bits per heavy atom. The predicted octanol–water partition coefficient (Wildman–Crippen LogP) is 6.29. The third-order valence-electron chi connectivity index (χ3n) is 13.4. The van der Waals surface area contributed by atoms with Crippen LogP contribution in [0.4, 0.5) is 0 Å². The van der Waals surface area contributed by atoms with Crippen molar-refractivity contribution in [1.82, 2.24) is 46.7 Å². The average molecular weight is 1030 g/mol. The van der Waals surface area contributed by atoms with Crippen LogP contribution in [0.5, 0.6) is 0 Å². The molecule has 0 saturated carbocycles. The normalized spacial score (nSPS) is 19.8. The average Bonchev–Trinajstić information content (AvgIpc) is 4.14. The molecule has 4 aromatic rings. The van der Waals surface area contributed by atoms with Crippen molar-refractivity contribution in [2.24, 2.45) is 15.8 Å². The highest BCUT2D eigenvalue weighted by molar-refractivity contribution is 8.13. The molecule has 0 bridgehead atoms. The first-order valence-corrected chi connectivity index (χ1v) is 26.8. The number of likely N-dealkylation sites (N-methyl/N-ethyl adjacent to an activating group) is 2. The Kier molecular flexibility index (Phi) is 18.6. The maximum atomic E-state index is 14.7. The lowest BCUT2D eigenvalue weighted by Crippen LogP contribution is -2.59. The fraction of sp³-hybridized carbons (Fsp3) is 0.455. The molecule has 73 heavy (non-hydrogen) atoms. The summed E-state index contributed by atoms with van der Waals surface area (Å²) in [5.41, 5.74) is 2.42. The Hall–Kier alpha value is -6.21. The zero-order valence-corrected chi connectivity index (χ0v) is 45.5. The van der Waals surface area contributed by atoms with Gasteiger partial charge in [-0.1, -0.05) is 109 Å². The molecule has 16 nitrogen and oxygen atoms in total. The maximum absolute atomic E-state index is 14.7. The van der Waals surface area contributed by atoms with E-state index in [0.717, 1.165) is 21.8 Å². The van der Waals surface area contributed by atoms with Crippen LogP contribution in [0.1, 0.15) is 106 Å². The van der Waals surface area contributed by atoms with Gasteiger partial charge in [0.2, 0.25) is 23.6 Å². The fourth-order valence-electron chi connectivity index (χ4n) is 8.84. The first-order chi connectivity index (χ1) is 34.5. The molecule has 2 fully saturated rings. The van der Waals surface area contributed by atoms with Crippen molar-refractivity contribution in [2.75, 3.05) is 33.4 Å². The minimum Gasteiger partial charge on any atom is -0.347 e. The van der Waals surface area contributed by atoms with Crippen LogP contribution in [-0.4, -0.2) is 131 Å². The van der Waals surface area contributed by atoms with Crippen molar-refractivity contribution in [3.63, 3.8) is 0 Å². The molecule has 8 unspecified atom stereocenters. The van der Waals surface area contributed by atoms with Crippen LogP contribution in [0.15, 0.2) is 102 Å². The van der Waals surface area contributed by atoms with Gasteiger partial charge < -0.3 is 41.7 Å². The van der Waals surface area contributed by atoms with Gasteiger partial charge in [0.15, 0.2) is 0 Å². The fourth-order valence-corrected chi connectivity index (χ4v) is 10.5. The number of likely N-dealkylation sites (tertiary alicyclic amines) is 2. The van der Waals surface area contributed by atoms with Gasteiger partial charge in [-0.15, -0.1) is 23.1 Å². The van der Waals surface area contributed by atoms with Crippen molar-refractivity contribution in [2.45, 2.75) is 117 Å². The minimum absolute atomic E-state index is 0.158. The summed E-state index contributed by atoms with van der Waals surface area (Å²) in [5, 5.41) is 21.4. The standard InChI is InChI=1S/C55H72N10O6S2/c1-32(35-19-15-13-16-20-35)58-50(72-12)42-27-39(29-64(42)52(70)44(54(4,5)6)62-46(66)33(2)56-10)59-48(68)37-23-25-38(26-24-37)49(69)60-40-28-43(51-61-41(31-73-51)36-21-17-14-18-22-36)65(30-40)53(71)45(55(7,8)9)63-47(67)34(3)57-11/h13-26,31,33-34,39-40,42-45,56-57H,1,27-30H2,2-12H3,(H,59,68)(H,60,69)(H,62,66)(H,63,67). The Balaban J connectivity index is 1.20. The maximum Gasteiger partial charge on any atom is 0.251 e. The molecule has 8 atom stereocenters. The Morgan fingerprint density at radius 3 is 1.63 bits per heavy atom. The number of aromatic nitrogens is 1. The molecule has 3 heterocycles. The minimum atomic E-state index is -0.884. The number of rotatable bonds is 17. The second-order valence-electron chi connectivity index (χ2n) is 20.9. The van der Waals surface area contributed by atoms with Crippen LogP contribution in [0.25, 0.3) is 17.0 Å². The third kappa shape index (κ3) is 13.9. The summed E-state index contributed by atoms with van der Waals surface area (Å²) in [6.07, 6.45) is 2.63. The second kappa shape index (κ2) is 24.2. The highest BCUT2D eigenvalue weighted by atomic mass is 32.2. The van der Waals surface area contributed by atoms with E-state index in [0.29, 0.717) is 34.7 Å². The van der Waals surface area contributed by atoms with Gasteiger partial charge in [0, 0.05) is 47.2 Å². The van der Waals surface area contributed by atoms with Crippen molar-refractivity contribution in [3.05, 3.63) is 119 Å². The first-order valence-electron chi connectivity index (χ1n) is 24.7. The molecule has 3 aromatic carbocycles. The van der Waals surface area contributed by atoms with E-state index in [1.54, 1.807) is 62.0 Å². The SMILES string of the molecule is C=C(N=C(SC)C1CC(NC(=O)c2ccc(C(=O)NC3CC(c4nc(-c5ccccc5)cs4)N(C(=O)C(NC(=O)C(C)NC)C(C)(C)C)C3)cc2)CN1C(=O)C(NC(=O)C(C)NC)C(C)(C)C)c1ccccc1. The lowest BCUT2D eigenvalue weighted by atomic mass is 9.85. The van der Waals surface area contributed by atoms with Crippen molar-refractivity contribution in [3.8, 4) is 11.3 Å². The van der Waals surface area contributed by atoms with Crippen LogP contribution < -0.4 is 31.9 Å². The van der Waals surface area contributed by atoms with Crippen molar-refractivity contribution < 1.29 is 28.8 Å². The van der Waals surface area contributed by atoms with Crippen LogP contribution in [0.3, 0.4) is 0 Å². The number of hydrogen-bond donors (Lipinski definition) is 6. The van der Waals surface area contributed by atoms with Gasteiger partial charge in [0.25, 0.3) is 11.8 Å². The number of amides is 6. The number of nitrogens with one attached hydrogen (secondary N) is 6. The topological polar surface area (TPSA) is 206 Å². The molecule has 6 N–H and O–H groups in total. The molecule has 6 amide bonds. The van der Waals surface area contributed by atoms with Crippen LogP contribution >= 0.6 is 23.1 Å². The molecule has 2 saturated heterocycles. The van der Waals surface area contributed by atoms with Crippen molar-refractivity contribution >= 4 is 69.3 Å². The Morgan fingerprint density at radius 1 is 0.685 bits per heavy atom. The highest BCUT2D eigenvalue weighted by Gasteiger charge is 2.46. The van der Waals surface area contributed by atoms with Gasteiger partial charge in [-0.2, -0.15) is 0 Å². The Labute approximate surface area is 438 Å². The molecule has 0 radical (unpaired) electrons. The van der Waals surface area contributed by atoms with Gasteiger partial charge in [-0.05, 0) is 87.7 Å².